The molecule has 0 aliphatic heterocycles. The fourth-order valence-electron chi connectivity index (χ4n) is 3.67. The molecule has 1 atom stereocenters. The lowest BCUT2D eigenvalue weighted by molar-refractivity contribution is -0.0567. The molecule has 35 heavy (non-hydrogen) atoms. The van der Waals surface area contributed by atoms with Crippen LogP contribution < -0.4 is 4.74 Å². The summed E-state index contributed by atoms with van der Waals surface area (Å²) < 4.78 is 40.6. The molecule has 0 radical (unpaired) electrons. The van der Waals surface area contributed by atoms with Gasteiger partial charge in [-0.05, 0) is 89.2 Å². The highest BCUT2D eigenvalue weighted by atomic mass is 19.1. The molecule has 1 heterocycles. The molecule has 0 saturated heterocycles. The number of aromatic nitrogens is 2. The summed E-state index contributed by atoms with van der Waals surface area (Å²) in [6.07, 6.45) is 0.237. The van der Waals surface area contributed by atoms with Crippen molar-refractivity contribution in [3.8, 4) is 17.3 Å². The quantitative estimate of drug-likeness (QED) is 0.379. The van der Waals surface area contributed by atoms with Crippen molar-refractivity contribution < 1.29 is 23.4 Å². The summed E-state index contributed by atoms with van der Waals surface area (Å²) in [7, 11) is 0. The highest BCUT2D eigenvalue weighted by molar-refractivity contribution is 5.43. The Balaban J connectivity index is 1.92. The molecule has 190 valence electrons. The number of aliphatic hydroxyl groups is 1. The number of halogens is 2. The minimum atomic E-state index is -0.658. The molecule has 0 unspecified atom stereocenters. The SMILES string of the molecule is CCCN(Cc1c(C)nn(-c2ccc(F)cc2)c1Oc1ccc(F)cc1)C[C@H](O)COC(C)(C)C. The van der Waals surface area contributed by atoms with Gasteiger partial charge in [-0.25, -0.2) is 13.5 Å². The Kier molecular flexibility index (Phi) is 8.99. The van der Waals surface area contributed by atoms with Gasteiger partial charge < -0.3 is 14.6 Å². The van der Waals surface area contributed by atoms with E-state index in [0.29, 0.717) is 30.4 Å². The topological polar surface area (TPSA) is 59.8 Å². The van der Waals surface area contributed by atoms with Gasteiger partial charge in [-0.3, -0.25) is 4.90 Å². The number of ether oxygens (including phenoxy) is 2. The van der Waals surface area contributed by atoms with E-state index in [-0.39, 0.29) is 23.8 Å². The van der Waals surface area contributed by atoms with Crippen LogP contribution in [0.4, 0.5) is 8.78 Å². The number of nitrogens with zero attached hydrogens (tertiary/aromatic N) is 3. The first-order valence-corrected chi connectivity index (χ1v) is 11.9. The summed E-state index contributed by atoms with van der Waals surface area (Å²) >= 11 is 0. The molecule has 6 nitrogen and oxygen atoms in total. The number of hydrogen-bond donors (Lipinski definition) is 1. The molecule has 0 aliphatic carbocycles. The van der Waals surface area contributed by atoms with Crippen molar-refractivity contribution in [2.24, 2.45) is 0 Å². The van der Waals surface area contributed by atoms with Crippen molar-refractivity contribution in [3.63, 3.8) is 0 Å². The van der Waals surface area contributed by atoms with Gasteiger partial charge >= 0.3 is 0 Å². The molecule has 3 rings (SSSR count). The molecule has 1 aromatic heterocycles. The third kappa shape index (κ3) is 7.85. The third-order valence-electron chi connectivity index (χ3n) is 5.34. The molecule has 0 bridgehead atoms. The number of benzene rings is 2. The van der Waals surface area contributed by atoms with Gasteiger partial charge in [0.05, 0.1) is 35.3 Å². The van der Waals surface area contributed by atoms with Gasteiger partial charge in [0.15, 0.2) is 0 Å². The molecule has 3 aromatic rings. The van der Waals surface area contributed by atoms with Crippen LogP contribution in [-0.4, -0.2) is 51.2 Å². The van der Waals surface area contributed by atoms with Gasteiger partial charge in [0, 0.05) is 13.1 Å². The molecule has 2 aromatic carbocycles. The van der Waals surface area contributed by atoms with Crippen LogP contribution in [0.15, 0.2) is 48.5 Å². The average molecular weight is 488 g/mol. The zero-order valence-corrected chi connectivity index (χ0v) is 21.1. The number of aliphatic hydroxyl groups excluding tert-OH is 1. The van der Waals surface area contributed by atoms with E-state index >= 15 is 0 Å². The molecule has 8 heteroatoms. The maximum absolute atomic E-state index is 13.5. The predicted molar refractivity (Wildman–Crippen MR) is 132 cm³/mol. The van der Waals surface area contributed by atoms with E-state index in [9.17, 15) is 13.9 Å². The predicted octanol–water partition coefficient (Wildman–Crippen LogP) is 5.64. The highest BCUT2D eigenvalue weighted by Crippen LogP contribution is 2.32. The van der Waals surface area contributed by atoms with Gasteiger partial charge in [0.1, 0.15) is 17.4 Å². The van der Waals surface area contributed by atoms with Gasteiger partial charge in [0.25, 0.3) is 0 Å². The fourth-order valence-corrected chi connectivity index (χ4v) is 3.67. The molecule has 0 aliphatic rings. The Morgan fingerprint density at radius 3 is 2.20 bits per heavy atom. The van der Waals surface area contributed by atoms with Crippen molar-refractivity contribution in [1.29, 1.82) is 0 Å². The van der Waals surface area contributed by atoms with Crippen LogP contribution in [0.25, 0.3) is 5.69 Å². The first-order valence-electron chi connectivity index (χ1n) is 11.9. The van der Waals surface area contributed by atoms with Crippen molar-refractivity contribution in [3.05, 3.63) is 71.4 Å². The Morgan fingerprint density at radius 2 is 1.63 bits per heavy atom. The Bertz CT molecular complexity index is 1080. The largest absolute Gasteiger partial charge is 0.439 e. The van der Waals surface area contributed by atoms with Crippen LogP contribution in [-0.2, 0) is 11.3 Å². The molecule has 0 amide bonds. The van der Waals surface area contributed by atoms with E-state index in [1.165, 1.54) is 24.3 Å². The van der Waals surface area contributed by atoms with Crippen LogP contribution in [0, 0.1) is 18.6 Å². The van der Waals surface area contributed by atoms with Crippen LogP contribution in [0.3, 0.4) is 0 Å². The van der Waals surface area contributed by atoms with Crippen LogP contribution in [0.5, 0.6) is 11.6 Å². The summed E-state index contributed by atoms with van der Waals surface area (Å²) in [4.78, 5) is 2.13. The maximum Gasteiger partial charge on any atom is 0.227 e. The second-order valence-corrected chi connectivity index (χ2v) is 9.63. The summed E-state index contributed by atoms with van der Waals surface area (Å²) in [6, 6.07) is 11.7. The normalized spacial score (nSPS) is 12.8. The first-order chi connectivity index (χ1) is 16.6. The van der Waals surface area contributed by atoms with Gasteiger partial charge in [-0.15, -0.1) is 0 Å². The molecule has 1 N–H and O–H groups in total. The lowest BCUT2D eigenvalue weighted by Gasteiger charge is -2.27. The van der Waals surface area contributed by atoms with E-state index in [1.54, 1.807) is 28.9 Å². The lowest BCUT2D eigenvalue weighted by Crippen LogP contribution is -2.37. The first kappa shape index (κ1) is 26.8. The van der Waals surface area contributed by atoms with Gasteiger partial charge in [-0.1, -0.05) is 6.92 Å². The van der Waals surface area contributed by atoms with Crippen molar-refractivity contribution in [1.82, 2.24) is 14.7 Å². The fraction of sp³-hybridized carbons (Fsp3) is 0.444. The smallest absolute Gasteiger partial charge is 0.227 e. The van der Waals surface area contributed by atoms with Crippen molar-refractivity contribution in [2.75, 3.05) is 19.7 Å². The average Bonchev–Trinajstić information content (AvgIpc) is 3.09. The monoisotopic (exact) mass is 487 g/mol. The molecule has 0 saturated carbocycles. The molecule has 0 fully saturated rings. The standard InChI is InChI=1S/C27H35F2N3O3/c1-6-15-31(16-23(33)18-34-27(3,4)5)17-25-19(2)30-32(22-11-7-20(28)8-12-22)26(25)35-24-13-9-21(29)10-14-24/h7-14,23,33H,6,15-18H2,1-5H3/t23-/m0/s1. The Labute approximate surface area is 206 Å². The summed E-state index contributed by atoms with van der Waals surface area (Å²) in [6.45, 7) is 11.7. The summed E-state index contributed by atoms with van der Waals surface area (Å²) in [5.74, 6) is 0.208. The molecular weight excluding hydrogens is 452 g/mol. The van der Waals surface area contributed by atoms with E-state index in [2.05, 4.69) is 16.9 Å². The Morgan fingerprint density at radius 1 is 1.03 bits per heavy atom. The maximum atomic E-state index is 13.5. The third-order valence-corrected chi connectivity index (χ3v) is 5.34. The molecule has 0 spiro atoms. The number of hydrogen-bond acceptors (Lipinski definition) is 5. The number of rotatable bonds is 11. The lowest BCUT2D eigenvalue weighted by atomic mass is 10.2. The van der Waals surface area contributed by atoms with Crippen molar-refractivity contribution >= 4 is 0 Å². The minimum Gasteiger partial charge on any atom is -0.439 e. The summed E-state index contributed by atoms with van der Waals surface area (Å²) in [5, 5.41) is 15.3. The minimum absolute atomic E-state index is 0.233. The molecular formula is C27H35F2N3O3. The zero-order valence-electron chi connectivity index (χ0n) is 21.1. The van der Waals surface area contributed by atoms with Gasteiger partial charge in [0.2, 0.25) is 5.88 Å². The van der Waals surface area contributed by atoms with E-state index < -0.39 is 6.10 Å². The second-order valence-electron chi connectivity index (χ2n) is 9.63. The van der Waals surface area contributed by atoms with Crippen LogP contribution >= 0.6 is 0 Å². The van der Waals surface area contributed by atoms with E-state index in [1.807, 2.05) is 27.7 Å². The Hall–Kier alpha value is -2.81. The number of aryl methyl sites for hydroxylation is 1. The zero-order chi connectivity index (χ0) is 25.6. The van der Waals surface area contributed by atoms with E-state index in [0.717, 1.165) is 24.2 Å². The van der Waals surface area contributed by atoms with Gasteiger partial charge in [-0.2, -0.15) is 5.10 Å². The van der Waals surface area contributed by atoms with Crippen LogP contribution in [0.1, 0.15) is 45.4 Å². The van der Waals surface area contributed by atoms with E-state index in [4.69, 9.17) is 9.47 Å². The van der Waals surface area contributed by atoms with Crippen molar-refractivity contribution in [2.45, 2.75) is 59.3 Å². The highest BCUT2D eigenvalue weighted by Gasteiger charge is 2.23. The second kappa shape index (κ2) is 11.7. The summed E-state index contributed by atoms with van der Waals surface area (Å²) in [5.41, 5.74) is 1.88. The van der Waals surface area contributed by atoms with Crippen LogP contribution in [0.2, 0.25) is 0 Å².